The van der Waals surface area contributed by atoms with E-state index in [1.807, 2.05) is 43.3 Å². The largest absolute Gasteiger partial charge is 0.335 e. The fourth-order valence-electron chi connectivity index (χ4n) is 2.47. The number of hydrogen-bond acceptors (Lipinski definition) is 3. The highest BCUT2D eigenvalue weighted by Gasteiger charge is 2.21. The Balaban J connectivity index is 1.82. The van der Waals surface area contributed by atoms with E-state index in [9.17, 15) is 4.79 Å². The summed E-state index contributed by atoms with van der Waals surface area (Å²) in [4.78, 5) is 18.4. The van der Waals surface area contributed by atoms with Gasteiger partial charge in [-0.2, -0.15) is 5.10 Å². The van der Waals surface area contributed by atoms with Gasteiger partial charge in [0.15, 0.2) is 0 Å². The summed E-state index contributed by atoms with van der Waals surface area (Å²) in [7, 11) is 1.76. The van der Waals surface area contributed by atoms with Gasteiger partial charge in [0.2, 0.25) is 0 Å². The standard InChI is InChI=1S/C18H17ClN4O/c1-13(16-7-3-4-8-17(16)19)22(2)18(24)14-10-21-23(12-14)15-6-5-9-20-11-15/h3-13H,1-2H3. The number of carbonyl (C=O) groups excluding carboxylic acids is 1. The molecule has 0 aliphatic rings. The summed E-state index contributed by atoms with van der Waals surface area (Å²) in [5.41, 5.74) is 2.23. The zero-order valence-electron chi connectivity index (χ0n) is 13.4. The second-order valence-electron chi connectivity index (χ2n) is 5.50. The molecule has 2 heterocycles. The molecule has 3 aromatic rings. The number of aromatic nitrogens is 3. The first-order valence-electron chi connectivity index (χ1n) is 7.54. The van der Waals surface area contributed by atoms with Crippen LogP contribution in [0.1, 0.15) is 28.9 Å². The van der Waals surface area contributed by atoms with E-state index in [1.165, 1.54) is 0 Å². The molecule has 1 atom stereocenters. The molecular weight excluding hydrogens is 324 g/mol. The smallest absolute Gasteiger partial charge is 0.257 e. The van der Waals surface area contributed by atoms with Crippen LogP contribution in [0, 0.1) is 0 Å². The zero-order chi connectivity index (χ0) is 17.1. The minimum atomic E-state index is -0.145. The lowest BCUT2D eigenvalue weighted by Crippen LogP contribution is -2.29. The van der Waals surface area contributed by atoms with Gasteiger partial charge in [-0.15, -0.1) is 0 Å². The molecule has 0 fully saturated rings. The van der Waals surface area contributed by atoms with Crippen LogP contribution in [0.4, 0.5) is 0 Å². The summed E-state index contributed by atoms with van der Waals surface area (Å²) >= 11 is 6.24. The lowest BCUT2D eigenvalue weighted by Gasteiger charge is -2.25. The molecule has 1 amide bonds. The predicted octanol–water partition coefficient (Wildman–Crippen LogP) is 3.75. The van der Waals surface area contributed by atoms with Crippen LogP contribution >= 0.6 is 11.6 Å². The Morgan fingerprint density at radius 1 is 1.21 bits per heavy atom. The monoisotopic (exact) mass is 340 g/mol. The van der Waals surface area contributed by atoms with E-state index >= 15 is 0 Å². The Kier molecular flexibility index (Phi) is 4.62. The van der Waals surface area contributed by atoms with Gasteiger partial charge in [0, 0.05) is 24.5 Å². The summed E-state index contributed by atoms with van der Waals surface area (Å²) in [5, 5.41) is 4.89. The number of hydrogen-bond donors (Lipinski definition) is 0. The van der Waals surface area contributed by atoms with E-state index in [4.69, 9.17) is 11.6 Å². The molecule has 6 heteroatoms. The van der Waals surface area contributed by atoms with E-state index in [0.717, 1.165) is 11.3 Å². The molecule has 0 spiro atoms. The van der Waals surface area contributed by atoms with Crippen molar-refractivity contribution in [2.45, 2.75) is 13.0 Å². The Labute approximate surface area is 145 Å². The van der Waals surface area contributed by atoms with Crippen LogP contribution in [0.2, 0.25) is 5.02 Å². The van der Waals surface area contributed by atoms with Gasteiger partial charge in [-0.05, 0) is 30.7 Å². The fraction of sp³-hybridized carbons (Fsp3) is 0.167. The second-order valence-corrected chi connectivity index (χ2v) is 5.91. The quantitative estimate of drug-likeness (QED) is 0.726. The molecule has 0 bridgehead atoms. The van der Waals surface area contributed by atoms with E-state index in [0.29, 0.717) is 10.6 Å². The SMILES string of the molecule is CC(c1ccccc1Cl)N(C)C(=O)c1cnn(-c2cccnc2)c1. The van der Waals surface area contributed by atoms with Crippen molar-refractivity contribution >= 4 is 17.5 Å². The van der Waals surface area contributed by atoms with Crippen molar-refractivity contribution in [2.24, 2.45) is 0 Å². The third-order valence-electron chi connectivity index (χ3n) is 4.00. The Hall–Kier alpha value is -2.66. The van der Waals surface area contributed by atoms with Crippen molar-refractivity contribution in [3.8, 4) is 5.69 Å². The lowest BCUT2D eigenvalue weighted by molar-refractivity contribution is 0.0742. The van der Waals surface area contributed by atoms with Gasteiger partial charge in [0.25, 0.3) is 5.91 Å². The van der Waals surface area contributed by atoms with Crippen LogP contribution < -0.4 is 0 Å². The molecule has 1 unspecified atom stereocenters. The van der Waals surface area contributed by atoms with Crippen LogP contribution in [-0.4, -0.2) is 32.6 Å². The Morgan fingerprint density at radius 3 is 2.71 bits per heavy atom. The first-order valence-corrected chi connectivity index (χ1v) is 7.92. The molecule has 24 heavy (non-hydrogen) atoms. The maximum Gasteiger partial charge on any atom is 0.257 e. The van der Waals surface area contributed by atoms with Crippen LogP contribution in [0.25, 0.3) is 5.69 Å². The Morgan fingerprint density at radius 2 is 2.00 bits per heavy atom. The molecule has 0 saturated heterocycles. The van der Waals surface area contributed by atoms with Crippen LogP contribution in [0.3, 0.4) is 0 Å². The highest BCUT2D eigenvalue weighted by molar-refractivity contribution is 6.31. The van der Waals surface area contributed by atoms with Crippen LogP contribution in [0.15, 0.2) is 61.2 Å². The van der Waals surface area contributed by atoms with E-state index in [-0.39, 0.29) is 11.9 Å². The maximum absolute atomic E-state index is 12.7. The van der Waals surface area contributed by atoms with Gasteiger partial charge in [-0.1, -0.05) is 29.8 Å². The molecule has 122 valence electrons. The van der Waals surface area contributed by atoms with E-state index < -0.39 is 0 Å². The second kappa shape index (κ2) is 6.84. The van der Waals surface area contributed by atoms with Crippen molar-refractivity contribution in [2.75, 3.05) is 7.05 Å². The number of rotatable bonds is 4. The number of pyridine rings is 1. The normalized spacial score (nSPS) is 12.0. The van der Waals surface area contributed by atoms with Gasteiger partial charge in [0.1, 0.15) is 0 Å². The topological polar surface area (TPSA) is 51.0 Å². The zero-order valence-corrected chi connectivity index (χ0v) is 14.2. The third kappa shape index (κ3) is 3.16. The van der Waals surface area contributed by atoms with Crippen molar-refractivity contribution in [3.05, 3.63) is 77.3 Å². The van der Waals surface area contributed by atoms with Gasteiger partial charge >= 0.3 is 0 Å². The molecule has 0 N–H and O–H groups in total. The van der Waals surface area contributed by atoms with Crippen molar-refractivity contribution < 1.29 is 4.79 Å². The predicted molar refractivity (Wildman–Crippen MR) is 93.3 cm³/mol. The average Bonchev–Trinajstić information content (AvgIpc) is 3.11. The molecule has 0 radical (unpaired) electrons. The molecule has 0 aliphatic heterocycles. The van der Waals surface area contributed by atoms with Crippen LogP contribution in [-0.2, 0) is 0 Å². The highest BCUT2D eigenvalue weighted by atomic mass is 35.5. The molecule has 0 saturated carbocycles. The van der Waals surface area contributed by atoms with Gasteiger partial charge in [-0.25, -0.2) is 4.68 Å². The first-order chi connectivity index (χ1) is 11.6. The van der Waals surface area contributed by atoms with E-state index in [1.54, 1.807) is 41.4 Å². The van der Waals surface area contributed by atoms with Gasteiger partial charge < -0.3 is 4.90 Å². The molecule has 0 aliphatic carbocycles. The van der Waals surface area contributed by atoms with Crippen molar-refractivity contribution in [1.82, 2.24) is 19.7 Å². The minimum Gasteiger partial charge on any atom is -0.335 e. The molecule has 2 aromatic heterocycles. The van der Waals surface area contributed by atoms with Gasteiger partial charge in [-0.3, -0.25) is 9.78 Å². The summed E-state index contributed by atoms with van der Waals surface area (Å²) in [6.07, 6.45) is 6.65. The number of nitrogens with zero attached hydrogens (tertiary/aromatic N) is 4. The summed E-state index contributed by atoms with van der Waals surface area (Å²) < 4.78 is 1.63. The first kappa shape index (κ1) is 16.2. The number of carbonyl (C=O) groups is 1. The van der Waals surface area contributed by atoms with Crippen LogP contribution in [0.5, 0.6) is 0 Å². The molecular formula is C18H17ClN4O. The van der Waals surface area contributed by atoms with Crippen molar-refractivity contribution in [1.29, 1.82) is 0 Å². The Bertz CT molecular complexity index is 847. The maximum atomic E-state index is 12.7. The highest BCUT2D eigenvalue weighted by Crippen LogP contribution is 2.27. The molecule has 1 aromatic carbocycles. The van der Waals surface area contributed by atoms with Gasteiger partial charge in [0.05, 0.1) is 29.7 Å². The summed E-state index contributed by atoms with van der Waals surface area (Å²) in [6.45, 7) is 1.95. The average molecular weight is 341 g/mol. The molecule has 5 nitrogen and oxygen atoms in total. The fourth-order valence-corrected chi connectivity index (χ4v) is 2.76. The van der Waals surface area contributed by atoms with E-state index in [2.05, 4.69) is 10.1 Å². The number of halogens is 1. The minimum absolute atomic E-state index is 0.113. The molecule has 3 rings (SSSR count). The summed E-state index contributed by atoms with van der Waals surface area (Å²) in [5.74, 6) is -0.113. The number of benzene rings is 1. The lowest BCUT2D eigenvalue weighted by atomic mass is 10.1. The van der Waals surface area contributed by atoms with Crippen molar-refractivity contribution in [3.63, 3.8) is 0 Å². The summed E-state index contributed by atoms with van der Waals surface area (Å²) in [6, 6.07) is 11.1. The number of amides is 1. The third-order valence-corrected chi connectivity index (χ3v) is 4.34.